The lowest BCUT2D eigenvalue weighted by Crippen LogP contribution is -2.51. The van der Waals surface area contributed by atoms with E-state index in [1.54, 1.807) is 12.1 Å². The van der Waals surface area contributed by atoms with Gasteiger partial charge in [0.1, 0.15) is 5.75 Å². The maximum atomic E-state index is 12.1. The van der Waals surface area contributed by atoms with E-state index in [9.17, 15) is 10.0 Å². The summed E-state index contributed by atoms with van der Waals surface area (Å²) >= 11 is 0. The molecule has 3 heterocycles. The number of hydrogen-bond acceptors (Lipinski definition) is 5. The SMILES string of the molecule is O=C1Oc2ccccc2[C@H]2C1=[N+]([O-])O[C@H]1OCCC[C@H]12. The highest BCUT2D eigenvalue weighted by Gasteiger charge is 2.52. The van der Waals surface area contributed by atoms with Crippen LogP contribution in [0.5, 0.6) is 5.75 Å². The summed E-state index contributed by atoms with van der Waals surface area (Å²) in [5, 5.41) is 12.0. The summed E-state index contributed by atoms with van der Waals surface area (Å²) in [6.45, 7) is 0.573. The fourth-order valence-electron chi connectivity index (χ4n) is 3.24. The van der Waals surface area contributed by atoms with E-state index in [0.717, 1.165) is 18.4 Å². The number of ether oxygens (including phenoxy) is 2. The van der Waals surface area contributed by atoms with E-state index in [1.165, 1.54) is 0 Å². The maximum absolute atomic E-state index is 12.1. The summed E-state index contributed by atoms with van der Waals surface area (Å²) in [4.78, 5) is 17.5. The van der Waals surface area contributed by atoms with Crippen molar-refractivity contribution in [2.45, 2.75) is 25.0 Å². The van der Waals surface area contributed by atoms with Crippen molar-refractivity contribution in [1.29, 1.82) is 0 Å². The van der Waals surface area contributed by atoms with E-state index in [1.807, 2.05) is 12.1 Å². The summed E-state index contributed by atoms with van der Waals surface area (Å²) in [6.07, 6.45) is 1.16. The molecular formula is C14H13NO5. The monoisotopic (exact) mass is 275 g/mol. The Labute approximate surface area is 115 Å². The molecule has 0 amide bonds. The molecule has 3 aliphatic rings. The van der Waals surface area contributed by atoms with Crippen LogP contribution < -0.4 is 4.74 Å². The van der Waals surface area contributed by atoms with Gasteiger partial charge in [-0.2, -0.15) is 0 Å². The van der Waals surface area contributed by atoms with Crippen LogP contribution >= 0.6 is 0 Å². The van der Waals surface area contributed by atoms with Crippen molar-refractivity contribution in [3.05, 3.63) is 35.0 Å². The lowest BCUT2D eigenvalue weighted by molar-refractivity contribution is -0.775. The molecule has 1 saturated heterocycles. The average Bonchev–Trinajstić information content (AvgIpc) is 2.46. The number of benzene rings is 1. The Balaban J connectivity index is 1.89. The number of esters is 1. The Morgan fingerprint density at radius 1 is 1.30 bits per heavy atom. The minimum atomic E-state index is -0.632. The minimum absolute atomic E-state index is 0.0236. The minimum Gasteiger partial charge on any atom is -0.418 e. The Kier molecular flexibility index (Phi) is 2.47. The zero-order chi connectivity index (χ0) is 13.7. The van der Waals surface area contributed by atoms with Crippen LogP contribution in [0.15, 0.2) is 24.3 Å². The van der Waals surface area contributed by atoms with Crippen LogP contribution in [-0.2, 0) is 14.4 Å². The average molecular weight is 275 g/mol. The van der Waals surface area contributed by atoms with Crippen LogP contribution in [0.3, 0.4) is 0 Å². The Morgan fingerprint density at radius 2 is 2.15 bits per heavy atom. The van der Waals surface area contributed by atoms with Crippen molar-refractivity contribution in [2.75, 3.05) is 6.61 Å². The molecule has 0 radical (unpaired) electrons. The number of fused-ring (bicyclic) bond motifs is 5. The molecule has 0 aromatic heterocycles. The highest BCUT2D eigenvalue weighted by Crippen LogP contribution is 2.44. The first-order valence-corrected chi connectivity index (χ1v) is 6.69. The summed E-state index contributed by atoms with van der Waals surface area (Å²) < 4.78 is 10.7. The molecular weight excluding hydrogens is 262 g/mol. The number of hydrogen-bond donors (Lipinski definition) is 0. The first kappa shape index (κ1) is 11.7. The number of carbonyl (C=O) groups is 1. The highest BCUT2D eigenvalue weighted by atomic mass is 16.9. The smallest absolute Gasteiger partial charge is 0.411 e. The molecule has 0 N–H and O–H groups in total. The Hall–Kier alpha value is -2.08. The van der Waals surface area contributed by atoms with Gasteiger partial charge >= 0.3 is 11.7 Å². The van der Waals surface area contributed by atoms with E-state index in [4.69, 9.17) is 14.3 Å². The molecule has 3 atom stereocenters. The Morgan fingerprint density at radius 3 is 3.05 bits per heavy atom. The number of carbonyl (C=O) groups excluding carboxylic acids is 1. The fraction of sp³-hybridized carbons (Fsp3) is 0.429. The topological polar surface area (TPSA) is 70.8 Å². The third kappa shape index (κ3) is 1.54. The predicted molar refractivity (Wildman–Crippen MR) is 67.0 cm³/mol. The van der Waals surface area contributed by atoms with E-state index in [0.29, 0.717) is 12.4 Å². The molecule has 0 bridgehead atoms. The standard InChI is InChI=1S/C14H13NO5/c16-13-12-11(8-4-1-2-6-10(8)19-13)9-5-3-7-18-14(9)20-15(12)17/h1-2,4,6,9,11,14H,3,5,7H2/t9-,11+,14+/m0/s1. The molecule has 104 valence electrons. The molecule has 1 fully saturated rings. The molecule has 0 spiro atoms. The number of nitrogens with zero attached hydrogens (tertiary/aromatic N) is 1. The quantitative estimate of drug-likeness (QED) is 0.406. The second kappa shape index (κ2) is 4.21. The number of para-hydroxylation sites is 1. The van der Waals surface area contributed by atoms with Crippen LogP contribution in [-0.4, -0.2) is 29.5 Å². The normalized spacial score (nSPS) is 31.6. The van der Waals surface area contributed by atoms with Gasteiger partial charge in [0.25, 0.3) is 0 Å². The van der Waals surface area contributed by atoms with Crippen LogP contribution in [0, 0.1) is 11.1 Å². The van der Waals surface area contributed by atoms with Crippen molar-refractivity contribution in [3.63, 3.8) is 0 Å². The van der Waals surface area contributed by atoms with E-state index >= 15 is 0 Å². The van der Waals surface area contributed by atoms with E-state index in [-0.39, 0.29) is 22.4 Å². The molecule has 3 aliphatic heterocycles. The largest absolute Gasteiger partial charge is 0.418 e. The van der Waals surface area contributed by atoms with Gasteiger partial charge in [-0.15, -0.1) is 0 Å². The summed E-state index contributed by atoms with van der Waals surface area (Å²) in [5.74, 6) is -0.458. The van der Waals surface area contributed by atoms with Gasteiger partial charge in [0, 0.05) is 18.1 Å². The fourth-order valence-corrected chi connectivity index (χ4v) is 3.24. The van der Waals surface area contributed by atoms with Gasteiger partial charge in [-0.25, -0.2) is 4.79 Å². The van der Waals surface area contributed by atoms with Crippen molar-refractivity contribution >= 4 is 11.7 Å². The van der Waals surface area contributed by atoms with Crippen LogP contribution in [0.4, 0.5) is 0 Å². The Bertz CT molecular complexity index is 611. The van der Waals surface area contributed by atoms with Crippen molar-refractivity contribution in [3.8, 4) is 5.75 Å². The van der Waals surface area contributed by atoms with Crippen molar-refractivity contribution in [1.82, 2.24) is 0 Å². The third-order valence-corrected chi connectivity index (χ3v) is 4.10. The molecule has 4 rings (SSSR count). The van der Waals surface area contributed by atoms with E-state index in [2.05, 4.69) is 0 Å². The summed E-state index contributed by atoms with van der Waals surface area (Å²) in [7, 11) is 0. The van der Waals surface area contributed by atoms with Crippen LogP contribution in [0.2, 0.25) is 0 Å². The first-order valence-electron chi connectivity index (χ1n) is 6.69. The highest BCUT2D eigenvalue weighted by molar-refractivity contribution is 6.38. The first-order chi connectivity index (χ1) is 9.75. The molecule has 20 heavy (non-hydrogen) atoms. The number of rotatable bonds is 0. The lowest BCUT2D eigenvalue weighted by atomic mass is 9.76. The third-order valence-electron chi connectivity index (χ3n) is 4.10. The molecule has 6 nitrogen and oxygen atoms in total. The van der Waals surface area contributed by atoms with Gasteiger partial charge in [-0.05, 0) is 18.9 Å². The van der Waals surface area contributed by atoms with Gasteiger partial charge in [0.2, 0.25) is 0 Å². The molecule has 6 heteroatoms. The zero-order valence-corrected chi connectivity index (χ0v) is 10.7. The van der Waals surface area contributed by atoms with Gasteiger partial charge < -0.3 is 14.3 Å². The van der Waals surface area contributed by atoms with Crippen molar-refractivity contribution < 1.29 is 24.0 Å². The summed E-state index contributed by atoms with van der Waals surface area (Å²) in [6, 6.07) is 7.31. The van der Waals surface area contributed by atoms with Gasteiger partial charge in [0.15, 0.2) is 6.29 Å². The zero-order valence-electron chi connectivity index (χ0n) is 10.7. The van der Waals surface area contributed by atoms with E-state index < -0.39 is 12.3 Å². The maximum Gasteiger partial charge on any atom is 0.411 e. The van der Waals surface area contributed by atoms with Gasteiger partial charge in [0.05, 0.1) is 10.8 Å². The van der Waals surface area contributed by atoms with Crippen LogP contribution in [0.1, 0.15) is 24.3 Å². The molecule has 1 aromatic carbocycles. The van der Waals surface area contributed by atoms with Crippen LogP contribution in [0.25, 0.3) is 0 Å². The molecule has 0 unspecified atom stereocenters. The molecule has 0 saturated carbocycles. The predicted octanol–water partition coefficient (Wildman–Crippen LogP) is 1.34. The van der Waals surface area contributed by atoms with Gasteiger partial charge in [-0.1, -0.05) is 18.2 Å². The second-order valence-corrected chi connectivity index (χ2v) is 5.20. The molecule has 1 aromatic rings. The van der Waals surface area contributed by atoms with Gasteiger partial charge in [-0.3, -0.25) is 5.21 Å². The lowest BCUT2D eigenvalue weighted by Gasteiger charge is -2.41. The molecule has 0 aliphatic carbocycles. The van der Waals surface area contributed by atoms with Crippen molar-refractivity contribution in [2.24, 2.45) is 5.92 Å². The summed E-state index contributed by atoms with van der Waals surface area (Å²) in [5.41, 5.74) is 0.877. The second-order valence-electron chi connectivity index (χ2n) is 5.20.